The van der Waals surface area contributed by atoms with E-state index in [9.17, 15) is 9.18 Å². The molecular weight excluding hydrogens is 403 g/mol. The van der Waals surface area contributed by atoms with Crippen molar-refractivity contribution in [3.8, 4) is 0 Å². The molecule has 0 bridgehead atoms. The van der Waals surface area contributed by atoms with Gasteiger partial charge in [0.15, 0.2) is 0 Å². The highest BCUT2D eigenvalue weighted by Gasteiger charge is 2.27. The van der Waals surface area contributed by atoms with E-state index in [2.05, 4.69) is 26.8 Å². The van der Waals surface area contributed by atoms with Crippen LogP contribution in [0.5, 0.6) is 0 Å². The van der Waals surface area contributed by atoms with E-state index in [4.69, 9.17) is 11.6 Å². The minimum Gasteiger partial charge on any atom is -0.369 e. The normalized spacial score (nSPS) is 16.3. The molecule has 1 fully saturated rings. The van der Waals surface area contributed by atoms with Crippen molar-refractivity contribution in [2.24, 2.45) is 4.99 Å². The standard InChI is InChI=1S/C23H26ClFN4O/c1-4-22(20-15-18(25)7-10-21(20)26-3)29-13-11-28(12-14-29)16(2)23(30)27-19-8-5-17(24)6-9-19/h4-10,15-16H,3,11-14H2,1-2H3,(H,27,30)/b22-4+. The van der Waals surface area contributed by atoms with Gasteiger partial charge in [-0.15, -0.1) is 0 Å². The zero-order valence-electron chi connectivity index (χ0n) is 17.2. The lowest BCUT2D eigenvalue weighted by Crippen LogP contribution is -2.52. The van der Waals surface area contributed by atoms with Crippen molar-refractivity contribution in [3.63, 3.8) is 0 Å². The second-order valence-electron chi connectivity index (χ2n) is 7.19. The van der Waals surface area contributed by atoms with Crippen molar-refractivity contribution in [2.45, 2.75) is 19.9 Å². The maximum absolute atomic E-state index is 13.8. The van der Waals surface area contributed by atoms with E-state index in [0.29, 0.717) is 10.7 Å². The Kier molecular flexibility index (Phi) is 7.24. The van der Waals surface area contributed by atoms with Gasteiger partial charge >= 0.3 is 0 Å². The average molecular weight is 429 g/mol. The SMILES string of the molecule is C=Nc1ccc(F)cc1/C(=C\C)N1CCN(C(C)C(=O)Nc2ccc(Cl)cc2)CC1. The molecule has 0 aliphatic carbocycles. The minimum absolute atomic E-state index is 0.0553. The monoisotopic (exact) mass is 428 g/mol. The topological polar surface area (TPSA) is 47.9 Å². The highest BCUT2D eigenvalue weighted by atomic mass is 35.5. The molecule has 0 saturated carbocycles. The number of aliphatic imine (C=N–C) groups is 1. The number of allylic oxidation sites excluding steroid dienone is 1. The van der Waals surface area contributed by atoms with E-state index in [1.54, 1.807) is 30.3 Å². The average Bonchev–Trinajstić information content (AvgIpc) is 2.76. The fourth-order valence-corrected chi connectivity index (χ4v) is 3.78. The van der Waals surface area contributed by atoms with Crippen LogP contribution in [0.4, 0.5) is 15.8 Å². The van der Waals surface area contributed by atoms with Crippen LogP contribution in [0.3, 0.4) is 0 Å². The van der Waals surface area contributed by atoms with Crippen LogP contribution in [-0.2, 0) is 4.79 Å². The smallest absolute Gasteiger partial charge is 0.241 e. The van der Waals surface area contributed by atoms with Gasteiger partial charge in [-0.1, -0.05) is 17.7 Å². The van der Waals surface area contributed by atoms with Gasteiger partial charge in [0.2, 0.25) is 5.91 Å². The lowest BCUT2D eigenvalue weighted by molar-refractivity contribution is -0.121. The molecule has 1 heterocycles. The Balaban J connectivity index is 1.63. The number of carbonyl (C=O) groups excluding carboxylic acids is 1. The van der Waals surface area contributed by atoms with Crippen LogP contribution in [0.25, 0.3) is 5.70 Å². The first-order chi connectivity index (χ1) is 14.4. The first-order valence-corrected chi connectivity index (χ1v) is 10.3. The predicted molar refractivity (Wildman–Crippen MR) is 122 cm³/mol. The summed E-state index contributed by atoms with van der Waals surface area (Å²) in [5.41, 5.74) is 3.04. The first kappa shape index (κ1) is 22.0. The fourth-order valence-electron chi connectivity index (χ4n) is 3.66. The quantitative estimate of drug-likeness (QED) is 0.671. The Hall–Kier alpha value is -2.70. The van der Waals surface area contributed by atoms with Crippen molar-refractivity contribution in [1.82, 2.24) is 9.80 Å². The van der Waals surface area contributed by atoms with E-state index < -0.39 is 0 Å². The molecule has 5 nitrogen and oxygen atoms in total. The van der Waals surface area contributed by atoms with Crippen LogP contribution in [-0.4, -0.2) is 54.6 Å². The number of hydrogen-bond donors (Lipinski definition) is 1. The van der Waals surface area contributed by atoms with Gasteiger partial charge < -0.3 is 10.2 Å². The molecule has 2 aromatic carbocycles. The van der Waals surface area contributed by atoms with Crippen LogP contribution < -0.4 is 5.32 Å². The van der Waals surface area contributed by atoms with Gasteiger partial charge in [-0.05, 0) is 63.0 Å². The number of hydrogen-bond acceptors (Lipinski definition) is 4. The molecule has 1 N–H and O–H groups in total. The zero-order valence-corrected chi connectivity index (χ0v) is 18.0. The van der Waals surface area contributed by atoms with Crippen molar-refractivity contribution in [3.05, 3.63) is 64.9 Å². The second kappa shape index (κ2) is 9.87. The van der Waals surface area contributed by atoms with Gasteiger partial charge in [-0.25, -0.2) is 4.39 Å². The molecule has 7 heteroatoms. The van der Waals surface area contributed by atoms with Crippen molar-refractivity contribution in [2.75, 3.05) is 31.5 Å². The van der Waals surface area contributed by atoms with Crippen LogP contribution >= 0.6 is 11.6 Å². The lowest BCUT2D eigenvalue weighted by Gasteiger charge is -2.39. The summed E-state index contributed by atoms with van der Waals surface area (Å²) in [5.74, 6) is -0.358. The van der Waals surface area contributed by atoms with Crippen molar-refractivity contribution >= 4 is 41.3 Å². The van der Waals surface area contributed by atoms with E-state index in [-0.39, 0.29) is 17.8 Å². The molecule has 3 rings (SSSR count). The number of nitrogens with zero attached hydrogens (tertiary/aromatic N) is 3. The summed E-state index contributed by atoms with van der Waals surface area (Å²) in [6, 6.07) is 11.3. The fraction of sp³-hybridized carbons (Fsp3) is 0.304. The Labute approximate surface area is 181 Å². The van der Waals surface area contributed by atoms with Crippen LogP contribution in [0.2, 0.25) is 5.02 Å². The molecular formula is C23H26ClFN4O. The number of halogens is 2. The number of amides is 1. The van der Waals surface area contributed by atoms with E-state index in [1.807, 2.05) is 19.9 Å². The Morgan fingerprint density at radius 2 is 1.87 bits per heavy atom. The van der Waals surface area contributed by atoms with Gasteiger partial charge in [0.1, 0.15) is 5.82 Å². The first-order valence-electron chi connectivity index (χ1n) is 9.91. The molecule has 0 radical (unpaired) electrons. The number of piperazine rings is 1. The number of anilines is 1. The van der Waals surface area contributed by atoms with Crippen LogP contribution in [0.1, 0.15) is 19.4 Å². The van der Waals surface area contributed by atoms with Crippen molar-refractivity contribution < 1.29 is 9.18 Å². The maximum atomic E-state index is 13.8. The lowest BCUT2D eigenvalue weighted by atomic mass is 10.1. The highest BCUT2D eigenvalue weighted by molar-refractivity contribution is 6.30. The number of rotatable bonds is 6. The Morgan fingerprint density at radius 3 is 2.47 bits per heavy atom. The molecule has 1 aliphatic heterocycles. The number of nitrogens with one attached hydrogen (secondary N) is 1. The maximum Gasteiger partial charge on any atom is 0.241 e. The molecule has 0 spiro atoms. The molecule has 30 heavy (non-hydrogen) atoms. The summed E-state index contributed by atoms with van der Waals surface area (Å²) < 4.78 is 13.8. The summed E-state index contributed by atoms with van der Waals surface area (Å²) in [4.78, 5) is 21.0. The summed E-state index contributed by atoms with van der Waals surface area (Å²) in [6.07, 6.45) is 1.97. The second-order valence-corrected chi connectivity index (χ2v) is 7.63. The molecule has 158 valence electrons. The third kappa shape index (κ3) is 5.07. The Bertz CT molecular complexity index is 937. The van der Waals surface area contributed by atoms with E-state index >= 15 is 0 Å². The molecule has 1 atom stereocenters. The summed E-state index contributed by atoms with van der Waals surface area (Å²) >= 11 is 5.90. The minimum atomic E-state index is -0.303. The number of carbonyl (C=O) groups is 1. The van der Waals surface area contributed by atoms with E-state index in [0.717, 1.165) is 43.1 Å². The summed E-state index contributed by atoms with van der Waals surface area (Å²) in [5, 5.41) is 3.56. The van der Waals surface area contributed by atoms with Crippen LogP contribution in [0.15, 0.2) is 53.5 Å². The van der Waals surface area contributed by atoms with Gasteiger partial charge in [-0.2, -0.15) is 0 Å². The van der Waals surface area contributed by atoms with E-state index in [1.165, 1.54) is 12.1 Å². The van der Waals surface area contributed by atoms with Gasteiger partial charge in [-0.3, -0.25) is 14.7 Å². The molecule has 1 amide bonds. The highest BCUT2D eigenvalue weighted by Crippen LogP contribution is 2.30. The summed E-state index contributed by atoms with van der Waals surface area (Å²) in [7, 11) is 0. The third-order valence-electron chi connectivity index (χ3n) is 5.37. The van der Waals surface area contributed by atoms with Crippen LogP contribution in [0, 0.1) is 5.82 Å². The van der Waals surface area contributed by atoms with Gasteiger partial charge in [0.25, 0.3) is 0 Å². The molecule has 2 aromatic rings. The molecule has 1 unspecified atom stereocenters. The molecule has 0 aromatic heterocycles. The number of benzene rings is 2. The Morgan fingerprint density at radius 1 is 1.20 bits per heavy atom. The third-order valence-corrected chi connectivity index (χ3v) is 5.62. The largest absolute Gasteiger partial charge is 0.369 e. The molecule has 1 aliphatic rings. The van der Waals surface area contributed by atoms with Gasteiger partial charge in [0.05, 0.1) is 11.7 Å². The molecule has 1 saturated heterocycles. The predicted octanol–water partition coefficient (Wildman–Crippen LogP) is 4.82. The van der Waals surface area contributed by atoms with Gasteiger partial charge in [0, 0.05) is 48.1 Å². The summed E-state index contributed by atoms with van der Waals surface area (Å²) in [6.45, 7) is 10.3. The zero-order chi connectivity index (χ0) is 21.7. The van der Waals surface area contributed by atoms with Crippen molar-refractivity contribution in [1.29, 1.82) is 0 Å².